The first-order chi connectivity index (χ1) is 8.69. The third kappa shape index (κ3) is 4.07. The molecule has 1 aromatic carbocycles. The summed E-state index contributed by atoms with van der Waals surface area (Å²) >= 11 is 0. The van der Waals surface area contributed by atoms with E-state index in [-0.39, 0.29) is 18.6 Å². The lowest BCUT2D eigenvalue weighted by Crippen LogP contribution is -2.34. The Morgan fingerprint density at radius 1 is 1.50 bits per heavy atom. The Balaban J connectivity index is 2.61. The number of nitrogens with one attached hydrogen (secondary N) is 1. The van der Waals surface area contributed by atoms with E-state index in [1.165, 1.54) is 7.11 Å². The van der Waals surface area contributed by atoms with Crippen LogP contribution in [0.2, 0.25) is 0 Å². The van der Waals surface area contributed by atoms with Crippen molar-refractivity contribution in [3.63, 3.8) is 0 Å². The molecule has 1 aromatic rings. The van der Waals surface area contributed by atoms with Gasteiger partial charge in [-0.25, -0.2) is 0 Å². The number of esters is 1. The van der Waals surface area contributed by atoms with Gasteiger partial charge in [0.2, 0.25) is 0 Å². The first-order valence-corrected chi connectivity index (χ1v) is 5.58. The maximum atomic E-state index is 11.2. The van der Waals surface area contributed by atoms with Gasteiger partial charge in [-0.05, 0) is 13.0 Å². The zero-order chi connectivity index (χ0) is 13.4. The molecule has 5 heteroatoms. The second kappa shape index (κ2) is 7.30. The average Bonchev–Trinajstić information content (AvgIpc) is 2.42. The minimum Gasteiger partial charge on any atom is -0.478 e. The van der Waals surface area contributed by atoms with Gasteiger partial charge in [0, 0.05) is 12.1 Å². The van der Waals surface area contributed by atoms with Gasteiger partial charge < -0.3 is 14.8 Å². The van der Waals surface area contributed by atoms with Crippen LogP contribution in [-0.4, -0.2) is 25.7 Å². The summed E-state index contributed by atoms with van der Waals surface area (Å²) in [6.45, 7) is 2.20. The van der Waals surface area contributed by atoms with Crippen LogP contribution in [0.5, 0.6) is 5.75 Å². The van der Waals surface area contributed by atoms with Crippen LogP contribution >= 0.6 is 0 Å². The molecule has 0 saturated carbocycles. The average molecular weight is 248 g/mol. The van der Waals surface area contributed by atoms with Crippen molar-refractivity contribution in [2.45, 2.75) is 19.5 Å². The number of rotatable bonds is 6. The summed E-state index contributed by atoms with van der Waals surface area (Å²) in [7, 11) is 1.35. The Morgan fingerprint density at radius 2 is 2.22 bits per heavy atom. The van der Waals surface area contributed by atoms with Crippen molar-refractivity contribution in [1.29, 1.82) is 5.26 Å². The molecule has 96 valence electrons. The molecule has 1 rings (SSSR count). The van der Waals surface area contributed by atoms with Gasteiger partial charge in [-0.1, -0.05) is 18.2 Å². The zero-order valence-corrected chi connectivity index (χ0v) is 10.5. The maximum Gasteiger partial charge on any atom is 0.322 e. The third-order valence-corrected chi connectivity index (χ3v) is 2.42. The van der Waals surface area contributed by atoms with E-state index >= 15 is 0 Å². The molecule has 0 heterocycles. The van der Waals surface area contributed by atoms with E-state index in [9.17, 15) is 4.79 Å². The van der Waals surface area contributed by atoms with Gasteiger partial charge in [0.25, 0.3) is 0 Å². The molecule has 18 heavy (non-hydrogen) atoms. The van der Waals surface area contributed by atoms with Crippen LogP contribution in [0.3, 0.4) is 0 Å². The summed E-state index contributed by atoms with van der Waals surface area (Å²) < 4.78 is 9.91. The summed E-state index contributed by atoms with van der Waals surface area (Å²) in [5, 5.41) is 11.5. The highest BCUT2D eigenvalue weighted by Crippen LogP contribution is 2.17. The molecular formula is C13H16N2O3. The Morgan fingerprint density at radius 3 is 2.89 bits per heavy atom. The van der Waals surface area contributed by atoms with Crippen LogP contribution in [0.25, 0.3) is 0 Å². The molecule has 1 N–H and O–H groups in total. The highest BCUT2D eigenvalue weighted by molar-refractivity contribution is 5.75. The van der Waals surface area contributed by atoms with Gasteiger partial charge in [0.15, 0.2) is 6.61 Å². The number of hydrogen-bond acceptors (Lipinski definition) is 5. The van der Waals surface area contributed by atoms with Gasteiger partial charge in [-0.15, -0.1) is 0 Å². The van der Waals surface area contributed by atoms with Crippen LogP contribution in [0.4, 0.5) is 0 Å². The predicted molar refractivity (Wildman–Crippen MR) is 65.9 cm³/mol. The summed E-state index contributed by atoms with van der Waals surface area (Å²) in [5.41, 5.74) is 0.892. The molecular weight excluding hydrogens is 232 g/mol. The molecule has 0 saturated heterocycles. The molecule has 0 aromatic heterocycles. The molecule has 0 bridgehead atoms. The van der Waals surface area contributed by atoms with E-state index in [0.717, 1.165) is 5.56 Å². The van der Waals surface area contributed by atoms with Crippen molar-refractivity contribution in [3.8, 4) is 11.8 Å². The van der Waals surface area contributed by atoms with Crippen LogP contribution in [0.15, 0.2) is 24.3 Å². The number of methoxy groups -OCH3 is 1. The number of carbonyl (C=O) groups is 1. The summed E-state index contributed by atoms with van der Waals surface area (Å²) in [5.74, 6) is 0.328. The Kier molecular flexibility index (Phi) is 5.68. The van der Waals surface area contributed by atoms with Gasteiger partial charge in [0.1, 0.15) is 17.9 Å². The number of carbonyl (C=O) groups excluding carboxylic acids is 1. The molecule has 5 nitrogen and oxygen atoms in total. The minimum atomic E-state index is -0.390. The van der Waals surface area contributed by atoms with Crippen molar-refractivity contribution >= 4 is 5.97 Å². The molecule has 0 radical (unpaired) electrons. The molecule has 0 aliphatic heterocycles. The van der Waals surface area contributed by atoms with Gasteiger partial charge in [-0.2, -0.15) is 5.26 Å². The van der Waals surface area contributed by atoms with Gasteiger partial charge >= 0.3 is 5.97 Å². The lowest BCUT2D eigenvalue weighted by atomic mass is 10.2. The van der Waals surface area contributed by atoms with Crippen LogP contribution in [-0.2, 0) is 16.1 Å². The first kappa shape index (κ1) is 14.0. The summed E-state index contributed by atoms with van der Waals surface area (Å²) in [4.78, 5) is 11.2. The SMILES string of the molecule is COC(=O)[C@H](C)NCc1ccccc1OCC#N. The molecule has 0 aliphatic rings. The number of ether oxygens (including phenoxy) is 2. The number of nitriles is 1. The second-order valence-electron chi connectivity index (χ2n) is 3.68. The Bertz CT molecular complexity index is 440. The molecule has 0 unspecified atom stereocenters. The van der Waals surface area contributed by atoms with E-state index in [2.05, 4.69) is 10.1 Å². The van der Waals surface area contributed by atoms with Crippen LogP contribution < -0.4 is 10.1 Å². The number of para-hydroxylation sites is 1. The predicted octanol–water partition coefficient (Wildman–Crippen LogP) is 1.24. The highest BCUT2D eigenvalue weighted by atomic mass is 16.5. The molecule has 0 spiro atoms. The van der Waals surface area contributed by atoms with Crippen molar-refractivity contribution in [2.24, 2.45) is 0 Å². The number of benzene rings is 1. The smallest absolute Gasteiger partial charge is 0.322 e. The van der Waals surface area contributed by atoms with E-state index in [0.29, 0.717) is 12.3 Å². The van der Waals surface area contributed by atoms with E-state index in [4.69, 9.17) is 10.00 Å². The number of nitrogens with zero attached hydrogens (tertiary/aromatic N) is 1. The second-order valence-corrected chi connectivity index (χ2v) is 3.68. The molecule has 0 aliphatic carbocycles. The largest absolute Gasteiger partial charge is 0.478 e. The van der Waals surface area contributed by atoms with Crippen molar-refractivity contribution in [2.75, 3.05) is 13.7 Å². The topological polar surface area (TPSA) is 71.3 Å². The monoisotopic (exact) mass is 248 g/mol. The highest BCUT2D eigenvalue weighted by Gasteiger charge is 2.12. The van der Waals surface area contributed by atoms with Crippen molar-refractivity contribution < 1.29 is 14.3 Å². The fraction of sp³-hybridized carbons (Fsp3) is 0.385. The summed E-state index contributed by atoms with van der Waals surface area (Å²) in [6.07, 6.45) is 0. The van der Waals surface area contributed by atoms with Gasteiger partial charge in [-0.3, -0.25) is 4.79 Å². The Hall–Kier alpha value is -2.06. The number of hydrogen-bond donors (Lipinski definition) is 1. The summed E-state index contributed by atoms with van der Waals surface area (Å²) in [6, 6.07) is 8.90. The fourth-order valence-electron chi connectivity index (χ4n) is 1.42. The van der Waals surface area contributed by atoms with E-state index in [1.54, 1.807) is 13.0 Å². The van der Waals surface area contributed by atoms with E-state index in [1.807, 2.05) is 24.3 Å². The van der Waals surface area contributed by atoms with Crippen LogP contribution in [0, 0.1) is 11.3 Å². The molecule has 0 amide bonds. The van der Waals surface area contributed by atoms with Crippen molar-refractivity contribution in [3.05, 3.63) is 29.8 Å². The third-order valence-electron chi connectivity index (χ3n) is 2.42. The Labute approximate surface area is 106 Å². The lowest BCUT2D eigenvalue weighted by Gasteiger charge is -2.13. The molecule has 1 atom stereocenters. The van der Waals surface area contributed by atoms with Gasteiger partial charge in [0.05, 0.1) is 7.11 Å². The fourth-order valence-corrected chi connectivity index (χ4v) is 1.42. The first-order valence-electron chi connectivity index (χ1n) is 5.58. The lowest BCUT2D eigenvalue weighted by molar-refractivity contribution is -0.142. The molecule has 0 fully saturated rings. The normalized spacial score (nSPS) is 11.4. The zero-order valence-electron chi connectivity index (χ0n) is 10.5. The van der Waals surface area contributed by atoms with Crippen molar-refractivity contribution in [1.82, 2.24) is 5.32 Å². The quantitative estimate of drug-likeness (QED) is 0.767. The standard InChI is InChI=1S/C13H16N2O3/c1-10(13(16)17-2)15-9-11-5-3-4-6-12(11)18-8-7-14/h3-6,10,15H,8-9H2,1-2H3/t10-/m0/s1. The van der Waals surface area contributed by atoms with Crippen LogP contribution in [0.1, 0.15) is 12.5 Å². The minimum absolute atomic E-state index is 0.00354. The maximum absolute atomic E-state index is 11.2. The van der Waals surface area contributed by atoms with E-state index < -0.39 is 0 Å².